The molecule has 1 aliphatic heterocycles. The molecule has 0 spiro atoms. The maximum atomic E-state index is 12.9. The summed E-state index contributed by atoms with van der Waals surface area (Å²) in [4.78, 5) is 19.5. The monoisotopic (exact) mass is 444 g/mol. The molecule has 3 heterocycles. The molecule has 4 rings (SSSR count). The van der Waals surface area contributed by atoms with Crippen LogP contribution in [-0.2, 0) is 16.0 Å². The number of aromatic nitrogens is 3. The first-order valence-electron chi connectivity index (χ1n) is 9.28. The molecular weight excluding hydrogens is 424 g/mol. The smallest absolute Gasteiger partial charge is 0.231 e. The van der Waals surface area contributed by atoms with Crippen molar-refractivity contribution >= 4 is 27.5 Å². The fraction of sp³-hybridized carbons (Fsp3) is 0.350. The first-order valence-corrected chi connectivity index (χ1v) is 10.1. The Balaban J connectivity index is 1.77. The number of ether oxygens (including phenoxy) is 2. The van der Waals surface area contributed by atoms with Crippen LogP contribution >= 0.6 is 15.9 Å². The highest BCUT2D eigenvalue weighted by Gasteiger charge is 2.23. The van der Waals surface area contributed by atoms with Gasteiger partial charge in [0.25, 0.3) is 0 Å². The number of amides is 1. The van der Waals surface area contributed by atoms with Gasteiger partial charge >= 0.3 is 0 Å². The number of carbonyl (C=O) groups excluding carboxylic acids is 1. The third-order valence-corrected chi connectivity index (χ3v) is 5.17. The molecule has 1 aromatic carbocycles. The van der Waals surface area contributed by atoms with Gasteiger partial charge in [-0.15, -0.1) is 5.10 Å². The van der Waals surface area contributed by atoms with Gasteiger partial charge in [0, 0.05) is 29.2 Å². The Morgan fingerprint density at radius 1 is 1.18 bits per heavy atom. The number of halogens is 1. The topological polar surface area (TPSA) is 69.0 Å². The Morgan fingerprint density at radius 2 is 1.93 bits per heavy atom. The molecule has 0 N–H and O–H groups in total. The summed E-state index contributed by atoms with van der Waals surface area (Å²) < 4.78 is 13.6. The first-order chi connectivity index (χ1) is 13.7. The second-order valence-electron chi connectivity index (χ2n) is 6.46. The predicted molar refractivity (Wildman–Crippen MR) is 108 cm³/mol. The molecule has 0 unspecified atom stereocenters. The van der Waals surface area contributed by atoms with Crippen LogP contribution in [-0.4, -0.2) is 58.3 Å². The van der Waals surface area contributed by atoms with E-state index in [4.69, 9.17) is 14.5 Å². The van der Waals surface area contributed by atoms with Crippen LogP contribution in [0.1, 0.15) is 12.6 Å². The van der Waals surface area contributed by atoms with E-state index in [1.54, 1.807) is 10.6 Å². The number of hydrogen-bond acceptors (Lipinski definition) is 5. The van der Waals surface area contributed by atoms with E-state index in [-0.39, 0.29) is 12.3 Å². The molecule has 0 bridgehead atoms. The average Bonchev–Trinajstić information content (AvgIpc) is 3.07. The molecule has 8 heteroatoms. The zero-order valence-electron chi connectivity index (χ0n) is 15.6. The van der Waals surface area contributed by atoms with E-state index in [9.17, 15) is 4.79 Å². The van der Waals surface area contributed by atoms with Crippen molar-refractivity contribution in [3.8, 4) is 17.1 Å². The van der Waals surface area contributed by atoms with Crippen LogP contribution in [0.15, 0.2) is 40.9 Å². The van der Waals surface area contributed by atoms with Gasteiger partial charge in [-0.1, -0.05) is 28.1 Å². The van der Waals surface area contributed by atoms with E-state index >= 15 is 0 Å². The Morgan fingerprint density at radius 3 is 2.64 bits per heavy atom. The van der Waals surface area contributed by atoms with Crippen LogP contribution in [0, 0.1) is 0 Å². The minimum absolute atomic E-state index is 0.0482. The molecule has 3 aromatic rings. The third-order valence-electron chi connectivity index (χ3n) is 4.64. The van der Waals surface area contributed by atoms with E-state index in [2.05, 4.69) is 21.0 Å². The molecule has 1 aliphatic rings. The maximum absolute atomic E-state index is 12.9. The van der Waals surface area contributed by atoms with Crippen LogP contribution < -0.4 is 4.74 Å². The van der Waals surface area contributed by atoms with E-state index in [1.165, 1.54) is 0 Å². The Labute approximate surface area is 171 Å². The maximum Gasteiger partial charge on any atom is 0.231 e. The standard InChI is InChI=1S/C20H21BrN4O3/c1-2-28-18-8-7-17-22-20(14-3-5-15(21)6-4-14)16(25(17)23-18)13-19(26)24-9-11-27-12-10-24/h3-8H,2,9-13H2,1H3. The van der Waals surface area contributed by atoms with Gasteiger partial charge in [-0.2, -0.15) is 0 Å². The molecule has 0 atom stereocenters. The molecule has 1 amide bonds. The van der Waals surface area contributed by atoms with Crippen molar-refractivity contribution in [2.75, 3.05) is 32.9 Å². The van der Waals surface area contributed by atoms with Crippen LogP contribution in [0.3, 0.4) is 0 Å². The van der Waals surface area contributed by atoms with E-state index in [0.29, 0.717) is 44.4 Å². The van der Waals surface area contributed by atoms with Gasteiger partial charge in [-0.3, -0.25) is 4.79 Å². The molecule has 7 nitrogen and oxygen atoms in total. The highest BCUT2D eigenvalue weighted by atomic mass is 79.9. The van der Waals surface area contributed by atoms with Crippen molar-refractivity contribution in [1.29, 1.82) is 0 Å². The number of imidazole rings is 1. The molecule has 0 radical (unpaired) electrons. The van der Waals surface area contributed by atoms with Gasteiger partial charge in [-0.25, -0.2) is 9.50 Å². The summed E-state index contributed by atoms with van der Waals surface area (Å²) in [6.45, 7) is 4.81. The van der Waals surface area contributed by atoms with Crippen LogP contribution in [0.25, 0.3) is 16.9 Å². The predicted octanol–water partition coefficient (Wildman–Crippen LogP) is 2.96. The lowest BCUT2D eigenvalue weighted by Crippen LogP contribution is -2.41. The molecule has 0 saturated carbocycles. The number of rotatable bonds is 5. The number of hydrogen-bond donors (Lipinski definition) is 0. The molecule has 28 heavy (non-hydrogen) atoms. The van der Waals surface area contributed by atoms with Gasteiger partial charge in [0.15, 0.2) is 5.65 Å². The summed E-state index contributed by atoms with van der Waals surface area (Å²) in [5.74, 6) is 0.557. The lowest BCUT2D eigenvalue weighted by molar-refractivity contribution is -0.134. The van der Waals surface area contributed by atoms with Crippen molar-refractivity contribution < 1.29 is 14.3 Å². The highest BCUT2D eigenvalue weighted by molar-refractivity contribution is 9.10. The molecule has 0 aliphatic carbocycles. The average molecular weight is 445 g/mol. The molecule has 1 fully saturated rings. The zero-order chi connectivity index (χ0) is 19.5. The van der Waals surface area contributed by atoms with Crippen LogP contribution in [0.2, 0.25) is 0 Å². The van der Waals surface area contributed by atoms with Gasteiger partial charge in [0.1, 0.15) is 0 Å². The van der Waals surface area contributed by atoms with E-state index in [0.717, 1.165) is 21.4 Å². The second-order valence-corrected chi connectivity index (χ2v) is 7.37. The Bertz CT molecular complexity index is 981. The first kappa shape index (κ1) is 18.9. The fourth-order valence-electron chi connectivity index (χ4n) is 3.25. The molecule has 1 saturated heterocycles. The largest absolute Gasteiger partial charge is 0.477 e. The van der Waals surface area contributed by atoms with Gasteiger partial charge < -0.3 is 14.4 Å². The summed E-state index contributed by atoms with van der Waals surface area (Å²) >= 11 is 3.46. The summed E-state index contributed by atoms with van der Waals surface area (Å²) in [5, 5.41) is 4.55. The normalized spacial score (nSPS) is 14.4. The Kier molecular flexibility index (Phi) is 5.59. The van der Waals surface area contributed by atoms with Gasteiger partial charge in [0.2, 0.25) is 11.8 Å². The second kappa shape index (κ2) is 8.28. The van der Waals surface area contributed by atoms with Crippen LogP contribution in [0.4, 0.5) is 0 Å². The summed E-state index contributed by atoms with van der Waals surface area (Å²) in [5.41, 5.74) is 3.15. The summed E-state index contributed by atoms with van der Waals surface area (Å²) in [6, 6.07) is 11.6. The Hall–Kier alpha value is -2.45. The van der Waals surface area contributed by atoms with Crippen molar-refractivity contribution in [2.45, 2.75) is 13.3 Å². The zero-order valence-corrected chi connectivity index (χ0v) is 17.2. The lowest BCUT2D eigenvalue weighted by atomic mass is 10.1. The SMILES string of the molecule is CCOc1ccc2nc(-c3ccc(Br)cc3)c(CC(=O)N3CCOCC3)n2n1. The quantitative estimate of drug-likeness (QED) is 0.604. The van der Waals surface area contributed by atoms with Crippen molar-refractivity contribution in [3.63, 3.8) is 0 Å². The lowest BCUT2D eigenvalue weighted by Gasteiger charge is -2.26. The van der Waals surface area contributed by atoms with Crippen molar-refractivity contribution in [3.05, 3.63) is 46.6 Å². The van der Waals surface area contributed by atoms with Crippen molar-refractivity contribution in [2.24, 2.45) is 0 Å². The number of fused-ring (bicyclic) bond motifs is 1. The highest BCUT2D eigenvalue weighted by Crippen LogP contribution is 2.27. The summed E-state index contributed by atoms with van der Waals surface area (Å²) in [7, 11) is 0. The van der Waals surface area contributed by atoms with Crippen LogP contribution in [0.5, 0.6) is 5.88 Å². The van der Waals surface area contributed by atoms with Gasteiger partial charge in [0.05, 0.1) is 37.6 Å². The minimum atomic E-state index is 0.0482. The third kappa shape index (κ3) is 3.88. The number of morpholine rings is 1. The number of benzene rings is 1. The number of carbonyl (C=O) groups is 1. The molecule has 146 valence electrons. The molecule has 2 aromatic heterocycles. The van der Waals surface area contributed by atoms with E-state index in [1.807, 2.05) is 42.2 Å². The fourth-order valence-corrected chi connectivity index (χ4v) is 3.52. The van der Waals surface area contributed by atoms with Gasteiger partial charge in [-0.05, 0) is 25.1 Å². The van der Waals surface area contributed by atoms with Crippen molar-refractivity contribution in [1.82, 2.24) is 19.5 Å². The minimum Gasteiger partial charge on any atom is -0.477 e. The van der Waals surface area contributed by atoms with E-state index < -0.39 is 0 Å². The summed E-state index contributed by atoms with van der Waals surface area (Å²) in [6.07, 6.45) is 0.217. The number of nitrogens with zero attached hydrogens (tertiary/aromatic N) is 4. The molecular formula is C20H21BrN4O3.